The normalized spacial score (nSPS) is 19.6. The summed E-state index contributed by atoms with van der Waals surface area (Å²) in [6.45, 7) is 6.95. The molecule has 0 aromatic carbocycles. The molecule has 1 nitrogen and oxygen atoms in total. The Morgan fingerprint density at radius 3 is 2.67 bits per heavy atom. The molecule has 52 valence electrons. The third-order valence-corrected chi connectivity index (χ3v) is 1.69. The molecule has 1 rings (SSSR count). The van der Waals surface area contributed by atoms with Gasteiger partial charge in [0.1, 0.15) is 6.17 Å². The lowest BCUT2D eigenvalue weighted by molar-refractivity contribution is 0.0959. The van der Waals surface area contributed by atoms with Crippen molar-refractivity contribution in [1.82, 2.24) is 4.90 Å². The van der Waals surface area contributed by atoms with Crippen LogP contribution in [0.5, 0.6) is 0 Å². The molecule has 0 aliphatic carbocycles. The number of alkyl halides is 1. The van der Waals surface area contributed by atoms with Gasteiger partial charge in [-0.25, -0.2) is 4.39 Å². The molecule has 0 aromatic heterocycles. The van der Waals surface area contributed by atoms with Gasteiger partial charge in [-0.15, -0.1) is 0 Å². The molecule has 2 heteroatoms. The monoisotopic (exact) mass is 129 g/mol. The largest absolute Gasteiger partial charge is 0.369 e. The van der Waals surface area contributed by atoms with Gasteiger partial charge < -0.3 is 4.90 Å². The predicted molar refractivity (Wildman–Crippen MR) is 35.9 cm³/mol. The Kier molecular flexibility index (Phi) is 1.74. The van der Waals surface area contributed by atoms with Crippen LogP contribution >= 0.6 is 0 Å². The topological polar surface area (TPSA) is 3.24 Å². The lowest BCUT2D eigenvalue weighted by atomic mass is 10.1. The third-order valence-electron chi connectivity index (χ3n) is 1.69. The van der Waals surface area contributed by atoms with Crippen molar-refractivity contribution in [2.45, 2.75) is 19.5 Å². The fraction of sp³-hybridized carbons (Fsp3) is 0.714. The van der Waals surface area contributed by atoms with Crippen molar-refractivity contribution in [3.8, 4) is 0 Å². The van der Waals surface area contributed by atoms with Crippen LogP contribution in [0.25, 0.3) is 0 Å². The molecule has 0 spiro atoms. The number of hydrogen-bond donors (Lipinski definition) is 0. The molecule has 1 saturated heterocycles. The van der Waals surface area contributed by atoms with Gasteiger partial charge in [-0.3, -0.25) is 0 Å². The minimum Gasteiger partial charge on any atom is -0.369 e. The maximum Gasteiger partial charge on any atom is 0.135 e. The molecule has 0 atom stereocenters. The Balaban J connectivity index is 2.23. The van der Waals surface area contributed by atoms with Gasteiger partial charge in [0.25, 0.3) is 0 Å². The Morgan fingerprint density at radius 1 is 1.78 bits per heavy atom. The summed E-state index contributed by atoms with van der Waals surface area (Å²) < 4.78 is 12.2. The quantitative estimate of drug-likeness (QED) is 0.547. The third kappa shape index (κ3) is 1.23. The number of nitrogens with zero attached hydrogens (tertiary/aromatic N) is 1. The van der Waals surface area contributed by atoms with E-state index in [-0.39, 0.29) is 0 Å². The molecule has 1 aliphatic rings. The van der Waals surface area contributed by atoms with Gasteiger partial charge in [-0.05, 0) is 6.42 Å². The van der Waals surface area contributed by atoms with E-state index < -0.39 is 6.17 Å². The number of allylic oxidation sites excluding steroid dienone is 1. The van der Waals surface area contributed by atoms with Crippen molar-refractivity contribution < 1.29 is 4.39 Å². The fourth-order valence-electron chi connectivity index (χ4n) is 0.907. The molecule has 0 aromatic rings. The van der Waals surface area contributed by atoms with E-state index in [2.05, 4.69) is 6.58 Å². The van der Waals surface area contributed by atoms with E-state index in [9.17, 15) is 4.39 Å². The summed E-state index contributed by atoms with van der Waals surface area (Å²) in [5.41, 5.74) is 1.06. The smallest absolute Gasteiger partial charge is 0.135 e. The van der Waals surface area contributed by atoms with Gasteiger partial charge in [0.15, 0.2) is 0 Å². The standard InChI is InChI=1S/C7H12FN/c1-3-6(2)9-4-7(8)5-9/h7H,2-5H2,1H3. The summed E-state index contributed by atoms with van der Waals surface area (Å²) in [6.07, 6.45) is 0.334. The first-order chi connectivity index (χ1) is 4.24. The SMILES string of the molecule is C=C(CC)N1CC(F)C1. The van der Waals surface area contributed by atoms with Crippen LogP contribution in [-0.4, -0.2) is 24.2 Å². The lowest BCUT2D eigenvalue weighted by Gasteiger charge is -2.37. The van der Waals surface area contributed by atoms with Crippen LogP contribution in [0.15, 0.2) is 12.3 Å². The highest BCUT2D eigenvalue weighted by molar-refractivity contribution is 4.99. The second kappa shape index (κ2) is 2.38. The second-order valence-electron chi connectivity index (χ2n) is 2.42. The second-order valence-corrected chi connectivity index (χ2v) is 2.42. The molecule has 1 aliphatic heterocycles. The van der Waals surface area contributed by atoms with E-state index in [1.54, 1.807) is 0 Å². The molecule has 0 bridgehead atoms. The minimum absolute atomic E-state index is 0.562. The maximum atomic E-state index is 12.2. The molecule has 0 radical (unpaired) electrons. The maximum absolute atomic E-state index is 12.2. The van der Waals surface area contributed by atoms with E-state index in [4.69, 9.17) is 0 Å². The van der Waals surface area contributed by atoms with E-state index in [1.165, 1.54) is 0 Å². The zero-order valence-corrected chi connectivity index (χ0v) is 5.73. The summed E-state index contributed by atoms with van der Waals surface area (Å²) >= 11 is 0. The highest BCUT2D eigenvalue weighted by Crippen LogP contribution is 2.17. The van der Waals surface area contributed by atoms with Gasteiger partial charge >= 0.3 is 0 Å². The highest BCUT2D eigenvalue weighted by Gasteiger charge is 2.25. The van der Waals surface area contributed by atoms with Gasteiger partial charge in [0.2, 0.25) is 0 Å². The molecule has 0 saturated carbocycles. The Hall–Kier alpha value is -0.530. The molecular formula is C7H12FN. The minimum atomic E-state index is -0.603. The number of likely N-dealkylation sites (tertiary alicyclic amines) is 1. The van der Waals surface area contributed by atoms with Crippen molar-refractivity contribution in [2.24, 2.45) is 0 Å². The summed E-state index contributed by atoms with van der Waals surface area (Å²) in [7, 11) is 0. The highest BCUT2D eigenvalue weighted by atomic mass is 19.1. The number of rotatable bonds is 2. The average molecular weight is 129 g/mol. The van der Waals surface area contributed by atoms with Crippen LogP contribution < -0.4 is 0 Å². The molecular weight excluding hydrogens is 117 g/mol. The van der Waals surface area contributed by atoms with Crippen molar-refractivity contribution in [3.63, 3.8) is 0 Å². The molecule has 9 heavy (non-hydrogen) atoms. The Labute approximate surface area is 55.2 Å². The van der Waals surface area contributed by atoms with Crippen molar-refractivity contribution in [3.05, 3.63) is 12.3 Å². The predicted octanol–water partition coefficient (Wildman–Crippen LogP) is 1.56. The van der Waals surface area contributed by atoms with Crippen molar-refractivity contribution >= 4 is 0 Å². The van der Waals surface area contributed by atoms with Crippen LogP contribution in [0.2, 0.25) is 0 Å². The van der Waals surface area contributed by atoms with Gasteiger partial charge in [0.05, 0.1) is 13.1 Å². The van der Waals surface area contributed by atoms with E-state index in [0.29, 0.717) is 13.1 Å². The van der Waals surface area contributed by atoms with Crippen LogP contribution in [0.4, 0.5) is 4.39 Å². The summed E-state index contributed by atoms with van der Waals surface area (Å²) in [6, 6.07) is 0. The Morgan fingerprint density at radius 2 is 2.33 bits per heavy atom. The molecule has 0 N–H and O–H groups in total. The zero-order chi connectivity index (χ0) is 6.85. The Bertz CT molecular complexity index is 116. The van der Waals surface area contributed by atoms with Crippen LogP contribution in [0.3, 0.4) is 0 Å². The van der Waals surface area contributed by atoms with E-state index in [1.807, 2.05) is 11.8 Å². The number of halogens is 1. The van der Waals surface area contributed by atoms with Crippen molar-refractivity contribution in [1.29, 1.82) is 0 Å². The first-order valence-electron chi connectivity index (χ1n) is 3.30. The fourth-order valence-corrected chi connectivity index (χ4v) is 0.907. The van der Waals surface area contributed by atoms with Crippen LogP contribution in [0, 0.1) is 0 Å². The summed E-state index contributed by atoms with van der Waals surface area (Å²) in [5, 5.41) is 0. The van der Waals surface area contributed by atoms with Gasteiger partial charge in [-0.1, -0.05) is 13.5 Å². The first-order valence-corrected chi connectivity index (χ1v) is 3.30. The molecule has 1 fully saturated rings. The number of hydrogen-bond acceptors (Lipinski definition) is 1. The van der Waals surface area contributed by atoms with Gasteiger partial charge in [0, 0.05) is 5.70 Å². The van der Waals surface area contributed by atoms with E-state index in [0.717, 1.165) is 12.1 Å². The average Bonchev–Trinajstić information content (AvgIpc) is 1.79. The zero-order valence-electron chi connectivity index (χ0n) is 5.73. The summed E-state index contributed by atoms with van der Waals surface area (Å²) in [4.78, 5) is 1.98. The molecule has 0 amide bonds. The lowest BCUT2D eigenvalue weighted by Crippen LogP contribution is -2.46. The van der Waals surface area contributed by atoms with Gasteiger partial charge in [-0.2, -0.15) is 0 Å². The van der Waals surface area contributed by atoms with Crippen LogP contribution in [-0.2, 0) is 0 Å². The summed E-state index contributed by atoms with van der Waals surface area (Å²) in [5.74, 6) is 0. The van der Waals surface area contributed by atoms with Crippen molar-refractivity contribution in [2.75, 3.05) is 13.1 Å². The molecule has 0 unspecified atom stereocenters. The molecule has 1 heterocycles. The van der Waals surface area contributed by atoms with Crippen LogP contribution in [0.1, 0.15) is 13.3 Å². The van der Waals surface area contributed by atoms with E-state index >= 15 is 0 Å². The first kappa shape index (κ1) is 6.59.